The number of nitrogens with zero attached hydrogens (tertiary/aromatic N) is 3. The number of morpholine rings is 1. The quantitative estimate of drug-likeness (QED) is 0.337. The van der Waals surface area contributed by atoms with Gasteiger partial charge in [-0.05, 0) is 48.0 Å². The van der Waals surface area contributed by atoms with E-state index in [0.29, 0.717) is 11.5 Å². The number of hydrogen-bond donors (Lipinski definition) is 3. The molecule has 3 aromatic carbocycles. The van der Waals surface area contributed by atoms with Gasteiger partial charge in [0.1, 0.15) is 0 Å². The Morgan fingerprint density at radius 3 is 2.38 bits per heavy atom. The van der Waals surface area contributed by atoms with Crippen LogP contribution in [-0.4, -0.2) is 53.9 Å². The van der Waals surface area contributed by atoms with Crippen molar-refractivity contribution in [2.45, 2.75) is 6.04 Å². The van der Waals surface area contributed by atoms with Gasteiger partial charge in [-0.15, -0.1) is 0 Å². The maximum atomic E-state index is 12.8. The molecule has 4 aromatic rings. The third-order valence-corrected chi connectivity index (χ3v) is 6.29. The molecule has 1 aromatic heterocycles. The van der Waals surface area contributed by atoms with E-state index in [1.54, 1.807) is 18.3 Å². The van der Waals surface area contributed by atoms with Gasteiger partial charge in [0.2, 0.25) is 5.95 Å². The van der Waals surface area contributed by atoms with Gasteiger partial charge >= 0.3 is 0 Å². The fourth-order valence-electron chi connectivity index (χ4n) is 4.24. The number of hydrogen-bond acceptors (Lipinski definition) is 7. The maximum Gasteiger partial charge on any atom is 0.251 e. The maximum absolute atomic E-state index is 12.8. The molecule has 8 nitrogen and oxygen atoms in total. The predicted molar refractivity (Wildman–Crippen MR) is 144 cm³/mol. The number of aromatic nitrogens is 2. The lowest BCUT2D eigenvalue weighted by molar-refractivity contribution is 0.0916. The Hall–Kier alpha value is -4.27. The standard InChI is InChI=1S/C29H29N5O3/c35-20-27(21-4-2-1-3-5-21)32-28(36)23-8-6-22(7-9-23)26-14-15-30-29(33-26)31-24-10-12-25(13-11-24)34-16-18-37-19-17-34/h1-15,27,35H,16-20H2,(H,32,36)(H,30,31,33)/t27-/m1/s1. The van der Waals surface area contributed by atoms with E-state index in [0.717, 1.165) is 48.8 Å². The van der Waals surface area contributed by atoms with Crippen molar-refractivity contribution in [3.63, 3.8) is 0 Å². The van der Waals surface area contributed by atoms with Crippen LogP contribution in [0.1, 0.15) is 22.0 Å². The van der Waals surface area contributed by atoms with Crippen molar-refractivity contribution in [2.75, 3.05) is 43.1 Å². The number of aliphatic hydroxyl groups is 1. The number of rotatable bonds is 8. The highest BCUT2D eigenvalue weighted by Crippen LogP contribution is 2.23. The van der Waals surface area contributed by atoms with Crippen molar-refractivity contribution in [3.8, 4) is 11.3 Å². The Balaban J connectivity index is 1.23. The van der Waals surface area contributed by atoms with Crippen LogP contribution in [0.3, 0.4) is 0 Å². The minimum atomic E-state index is -0.466. The molecule has 3 N–H and O–H groups in total. The fraction of sp³-hybridized carbons (Fsp3) is 0.207. The zero-order chi connectivity index (χ0) is 25.5. The lowest BCUT2D eigenvalue weighted by Gasteiger charge is -2.28. The van der Waals surface area contributed by atoms with E-state index < -0.39 is 6.04 Å². The normalized spacial score (nSPS) is 14.1. The molecule has 1 saturated heterocycles. The molecule has 0 radical (unpaired) electrons. The number of carbonyl (C=O) groups excluding carboxylic acids is 1. The summed E-state index contributed by atoms with van der Waals surface area (Å²) in [6.45, 7) is 3.12. The summed E-state index contributed by atoms with van der Waals surface area (Å²) >= 11 is 0. The van der Waals surface area contributed by atoms with E-state index in [1.807, 2.05) is 60.7 Å². The van der Waals surface area contributed by atoms with E-state index in [2.05, 4.69) is 37.6 Å². The zero-order valence-corrected chi connectivity index (χ0v) is 20.4. The average molecular weight is 496 g/mol. The second-order valence-electron chi connectivity index (χ2n) is 8.73. The van der Waals surface area contributed by atoms with Gasteiger partial charge < -0.3 is 25.4 Å². The molecule has 1 aliphatic heterocycles. The number of benzene rings is 3. The molecule has 8 heteroatoms. The lowest BCUT2D eigenvalue weighted by atomic mass is 10.1. The van der Waals surface area contributed by atoms with Crippen LogP contribution in [0.2, 0.25) is 0 Å². The molecule has 2 heterocycles. The zero-order valence-electron chi connectivity index (χ0n) is 20.4. The van der Waals surface area contributed by atoms with Crippen LogP contribution in [0.25, 0.3) is 11.3 Å². The summed E-state index contributed by atoms with van der Waals surface area (Å²) in [5, 5.41) is 15.9. The molecule has 0 aliphatic carbocycles. The SMILES string of the molecule is O=C(N[C@H](CO)c1ccccc1)c1ccc(-c2ccnc(Nc3ccc(N4CCOCC4)cc3)n2)cc1. The van der Waals surface area contributed by atoms with Gasteiger partial charge in [0.25, 0.3) is 5.91 Å². The molecule has 0 unspecified atom stereocenters. The molecule has 0 bridgehead atoms. The van der Waals surface area contributed by atoms with Crippen LogP contribution in [-0.2, 0) is 4.74 Å². The van der Waals surface area contributed by atoms with Crippen LogP contribution in [0.15, 0.2) is 91.1 Å². The van der Waals surface area contributed by atoms with Gasteiger partial charge in [-0.1, -0.05) is 42.5 Å². The molecule has 0 spiro atoms. The highest BCUT2D eigenvalue weighted by atomic mass is 16.5. The number of amides is 1. The topological polar surface area (TPSA) is 99.6 Å². The summed E-state index contributed by atoms with van der Waals surface area (Å²) in [4.78, 5) is 24.1. The third-order valence-electron chi connectivity index (χ3n) is 6.29. The first kappa shape index (κ1) is 24.4. The Morgan fingerprint density at radius 1 is 0.946 bits per heavy atom. The van der Waals surface area contributed by atoms with Crippen LogP contribution in [0.5, 0.6) is 0 Å². The smallest absolute Gasteiger partial charge is 0.251 e. The highest BCUT2D eigenvalue weighted by molar-refractivity contribution is 5.95. The number of ether oxygens (including phenoxy) is 1. The number of anilines is 3. The Morgan fingerprint density at radius 2 is 1.68 bits per heavy atom. The van der Waals surface area contributed by atoms with Crippen LogP contribution in [0, 0.1) is 0 Å². The molecule has 1 amide bonds. The molecule has 5 rings (SSSR count). The first-order valence-electron chi connectivity index (χ1n) is 12.3. The Kier molecular flexibility index (Phi) is 7.69. The summed E-state index contributed by atoms with van der Waals surface area (Å²) in [6, 6.07) is 26.2. The molecule has 1 fully saturated rings. The van der Waals surface area contributed by atoms with Crippen molar-refractivity contribution in [3.05, 3.63) is 102 Å². The van der Waals surface area contributed by atoms with Gasteiger partial charge in [-0.2, -0.15) is 0 Å². The molecule has 0 saturated carbocycles. The first-order valence-corrected chi connectivity index (χ1v) is 12.3. The van der Waals surface area contributed by atoms with Crippen LogP contribution < -0.4 is 15.5 Å². The van der Waals surface area contributed by atoms with Crippen LogP contribution >= 0.6 is 0 Å². The van der Waals surface area contributed by atoms with Gasteiger partial charge in [-0.3, -0.25) is 4.79 Å². The molecule has 188 valence electrons. The minimum absolute atomic E-state index is 0.180. The number of nitrogens with one attached hydrogen (secondary N) is 2. The predicted octanol–water partition coefficient (Wildman–Crippen LogP) is 4.19. The van der Waals surface area contributed by atoms with Crippen molar-refractivity contribution >= 4 is 23.2 Å². The lowest BCUT2D eigenvalue weighted by Crippen LogP contribution is -2.36. The second-order valence-corrected chi connectivity index (χ2v) is 8.73. The largest absolute Gasteiger partial charge is 0.394 e. The summed E-state index contributed by atoms with van der Waals surface area (Å²) < 4.78 is 5.43. The molecular formula is C29H29N5O3. The third kappa shape index (κ3) is 6.11. The van der Waals surface area contributed by atoms with Crippen molar-refractivity contribution in [1.82, 2.24) is 15.3 Å². The summed E-state index contributed by atoms with van der Waals surface area (Å²) in [5.41, 5.74) is 5.04. The van der Waals surface area contributed by atoms with Gasteiger partial charge in [0.05, 0.1) is 31.6 Å². The summed E-state index contributed by atoms with van der Waals surface area (Å²) in [6.07, 6.45) is 1.71. The molecular weight excluding hydrogens is 466 g/mol. The number of aliphatic hydroxyl groups excluding tert-OH is 1. The summed E-state index contributed by atoms with van der Waals surface area (Å²) in [7, 11) is 0. The van der Waals surface area contributed by atoms with E-state index in [9.17, 15) is 9.90 Å². The molecule has 1 aliphatic rings. The van der Waals surface area contributed by atoms with Gasteiger partial charge in [0.15, 0.2) is 0 Å². The first-order chi connectivity index (χ1) is 18.2. The van der Waals surface area contributed by atoms with E-state index in [-0.39, 0.29) is 12.5 Å². The molecule has 37 heavy (non-hydrogen) atoms. The second kappa shape index (κ2) is 11.6. The van der Waals surface area contributed by atoms with E-state index in [4.69, 9.17) is 4.74 Å². The highest BCUT2D eigenvalue weighted by Gasteiger charge is 2.15. The summed E-state index contributed by atoms with van der Waals surface area (Å²) in [5.74, 6) is 0.243. The van der Waals surface area contributed by atoms with E-state index in [1.165, 1.54) is 5.69 Å². The average Bonchev–Trinajstić information content (AvgIpc) is 2.97. The molecule has 1 atom stereocenters. The van der Waals surface area contributed by atoms with Crippen molar-refractivity contribution < 1.29 is 14.6 Å². The van der Waals surface area contributed by atoms with E-state index >= 15 is 0 Å². The van der Waals surface area contributed by atoms with Crippen molar-refractivity contribution in [2.24, 2.45) is 0 Å². The van der Waals surface area contributed by atoms with Crippen molar-refractivity contribution in [1.29, 1.82) is 0 Å². The fourth-order valence-corrected chi connectivity index (χ4v) is 4.24. The van der Waals surface area contributed by atoms with Crippen LogP contribution in [0.4, 0.5) is 17.3 Å². The Labute approximate surface area is 216 Å². The van der Waals surface area contributed by atoms with Gasteiger partial charge in [0, 0.05) is 41.8 Å². The minimum Gasteiger partial charge on any atom is -0.394 e. The monoisotopic (exact) mass is 495 g/mol. The number of carbonyl (C=O) groups is 1. The van der Waals surface area contributed by atoms with Gasteiger partial charge in [-0.25, -0.2) is 9.97 Å². The Bertz CT molecular complexity index is 1310.